The first-order chi connectivity index (χ1) is 9.65. The lowest BCUT2D eigenvalue weighted by atomic mass is 10.0. The number of aryl methyl sites for hydroxylation is 1. The summed E-state index contributed by atoms with van der Waals surface area (Å²) in [4.78, 5) is 0.998. The normalized spacial score (nSPS) is 12.6. The zero-order valence-corrected chi connectivity index (χ0v) is 12.3. The number of likely N-dealkylation sites (N-methyl/N-ethyl adjacent to an activating group) is 1. The zero-order chi connectivity index (χ0) is 14.5. The molecule has 1 N–H and O–H groups in total. The Balaban J connectivity index is 2.27. The average molecular weight is 297 g/mol. The van der Waals surface area contributed by atoms with Crippen LogP contribution >= 0.6 is 11.5 Å². The summed E-state index contributed by atoms with van der Waals surface area (Å²) < 4.78 is 31.0. The van der Waals surface area contributed by atoms with Gasteiger partial charge in [0.25, 0.3) is 0 Å². The van der Waals surface area contributed by atoms with Crippen molar-refractivity contribution < 1.29 is 8.78 Å². The second kappa shape index (κ2) is 6.85. The standard InChI is InChI=1S/C14H17F2N3S/c1-3-12-14(20-19-18-12)13(17-4-2)8-9-7-10(15)5-6-11(9)16/h5-7,13,17H,3-4,8H2,1-2H3. The van der Waals surface area contributed by atoms with E-state index in [2.05, 4.69) is 14.9 Å². The van der Waals surface area contributed by atoms with Crippen LogP contribution in [-0.4, -0.2) is 16.1 Å². The van der Waals surface area contributed by atoms with Gasteiger partial charge in [-0.25, -0.2) is 8.78 Å². The van der Waals surface area contributed by atoms with E-state index in [-0.39, 0.29) is 11.9 Å². The highest BCUT2D eigenvalue weighted by Crippen LogP contribution is 2.25. The van der Waals surface area contributed by atoms with Crippen LogP contribution in [0.25, 0.3) is 0 Å². The van der Waals surface area contributed by atoms with Crippen molar-refractivity contribution in [3.05, 3.63) is 46.0 Å². The molecule has 1 aromatic heterocycles. The fraction of sp³-hybridized carbons (Fsp3) is 0.429. The molecule has 1 aromatic carbocycles. The third-order valence-electron chi connectivity index (χ3n) is 3.12. The minimum Gasteiger partial charge on any atom is -0.309 e. The lowest BCUT2D eigenvalue weighted by molar-refractivity contribution is 0.524. The summed E-state index contributed by atoms with van der Waals surface area (Å²) in [6, 6.07) is 3.46. The molecule has 1 heterocycles. The molecule has 2 aromatic rings. The summed E-state index contributed by atoms with van der Waals surface area (Å²) in [5.41, 5.74) is 1.28. The average Bonchev–Trinajstić information content (AvgIpc) is 2.90. The molecule has 2 rings (SSSR count). The molecule has 1 unspecified atom stereocenters. The summed E-state index contributed by atoms with van der Waals surface area (Å²) in [6.07, 6.45) is 1.16. The van der Waals surface area contributed by atoms with Gasteiger partial charge in [-0.05, 0) is 54.7 Å². The molecule has 0 amide bonds. The van der Waals surface area contributed by atoms with Crippen LogP contribution in [0, 0.1) is 11.6 Å². The first kappa shape index (κ1) is 15.0. The van der Waals surface area contributed by atoms with E-state index in [4.69, 9.17) is 0 Å². The molecule has 3 nitrogen and oxygen atoms in total. The summed E-state index contributed by atoms with van der Waals surface area (Å²) in [5.74, 6) is -0.806. The highest BCUT2D eigenvalue weighted by molar-refractivity contribution is 7.05. The first-order valence-corrected chi connectivity index (χ1v) is 7.41. The zero-order valence-electron chi connectivity index (χ0n) is 11.5. The van der Waals surface area contributed by atoms with Gasteiger partial charge in [0.2, 0.25) is 0 Å². The van der Waals surface area contributed by atoms with E-state index in [0.717, 1.165) is 29.6 Å². The maximum absolute atomic E-state index is 13.8. The van der Waals surface area contributed by atoms with Gasteiger partial charge in [-0.1, -0.05) is 18.3 Å². The fourth-order valence-electron chi connectivity index (χ4n) is 2.15. The molecule has 0 spiro atoms. The third-order valence-corrected chi connectivity index (χ3v) is 4.00. The smallest absolute Gasteiger partial charge is 0.126 e. The molecule has 6 heteroatoms. The number of benzene rings is 1. The lowest BCUT2D eigenvalue weighted by Gasteiger charge is -2.17. The minimum atomic E-state index is -0.421. The van der Waals surface area contributed by atoms with Gasteiger partial charge in [0.15, 0.2) is 0 Å². The van der Waals surface area contributed by atoms with Gasteiger partial charge in [0, 0.05) is 6.04 Å². The summed E-state index contributed by atoms with van der Waals surface area (Å²) in [7, 11) is 0. The van der Waals surface area contributed by atoms with Crippen LogP contribution in [0.3, 0.4) is 0 Å². The van der Waals surface area contributed by atoms with Crippen LogP contribution < -0.4 is 5.32 Å². The Hall–Kier alpha value is -1.40. The molecule has 20 heavy (non-hydrogen) atoms. The van der Waals surface area contributed by atoms with Gasteiger partial charge < -0.3 is 5.32 Å². The quantitative estimate of drug-likeness (QED) is 0.889. The predicted molar refractivity (Wildman–Crippen MR) is 75.8 cm³/mol. The number of halogens is 2. The largest absolute Gasteiger partial charge is 0.309 e. The van der Waals surface area contributed by atoms with Gasteiger partial charge in [0.05, 0.1) is 10.6 Å². The van der Waals surface area contributed by atoms with Crippen molar-refractivity contribution in [2.45, 2.75) is 32.7 Å². The van der Waals surface area contributed by atoms with Gasteiger partial charge in [0.1, 0.15) is 11.6 Å². The number of rotatable bonds is 6. The van der Waals surface area contributed by atoms with E-state index < -0.39 is 5.82 Å². The topological polar surface area (TPSA) is 37.8 Å². The van der Waals surface area contributed by atoms with Crippen LogP contribution in [0.4, 0.5) is 8.78 Å². The number of hydrogen-bond donors (Lipinski definition) is 1. The van der Waals surface area contributed by atoms with Crippen molar-refractivity contribution in [3.8, 4) is 0 Å². The Morgan fingerprint density at radius 3 is 2.80 bits per heavy atom. The monoisotopic (exact) mass is 297 g/mol. The van der Waals surface area contributed by atoms with Crippen LogP contribution in [0.5, 0.6) is 0 Å². The third kappa shape index (κ3) is 3.37. The van der Waals surface area contributed by atoms with Crippen molar-refractivity contribution in [1.29, 1.82) is 0 Å². The molecule has 0 bridgehead atoms. The molecule has 108 valence electrons. The van der Waals surface area contributed by atoms with Crippen LogP contribution in [0.15, 0.2) is 18.2 Å². The summed E-state index contributed by atoms with van der Waals surface area (Å²) in [5, 5.41) is 7.38. The maximum Gasteiger partial charge on any atom is 0.126 e. The second-order valence-corrected chi connectivity index (χ2v) is 5.27. The van der Waals surface area contributed by atoms with E-state index in [1.807, 2.05) is 13.8 Å². The molecular formula is C14H17F2N3S. The fourth-order valence-corrected chi connectivity index (χ4v) is 2.96. The van der Waals surface area contributed by atoms with Crippen LogP contribution in [0.2, 0.25) is 0 Å². The van der Waals surface area contributed by atoms with Crippen molar-refractivity contribution in [3.63, 3.8) is 0 Å². The maximum atomic E-state index is 13.8. The molecule has 0 radical (unpaired) electrons. The van der Waals surface area contributed by atoms with Gasteiger partial charge in [-0.3, -0.25) is 0 Å². The Morgan fingerprint density at radius 1 is 1.30 bits per heavy atom. The summed E-state index contributed by atoms with van der Waals surface area (Å²) in [6.45, 7) is 4.73. The SMILES string of the molecule is CCNC(Cc1cc(F)ccc1F)c1snnc1CC. The number of nitrogens with zero attached hydrogens (tertiary/aromatic N) is 2. The van der Waals surface area contributed by atoms with E-state index in [1.165, 1.54) is 23.7 Å². The molecule has 1 atom stereocenters. The number of aromatic nitrogens is 2. The van der Waals surface area contributed by atoms with E-state index in [1.54, 1.807) is 0 Å². The first-order valence-electron chi connectivity index (χ1n) is 6.64. The second-order valence-electron chi connectivity index (χ2n) is 4.49. The Kier molecular flexibility index (Phi) is 5.14. The number of hydrogen-bond acceptors (Lipinski definition) is 4. The van der Waals surface area contributed by atoms with Gasteiger partial charge in [-0.2, -0.15) is 0 Å². The molecule has 0 fully saturated rings. The Morgan fingerprint density at radius 2 is 2.10 bits per heavy atom. The van der Waals surface area contributed by atoms with Crippen molar-refractivity contribution in [2.24, 2.45) is 0 Å². The van der Waals surface area contributed by atoms with Gasteiger partial charge >= 0.3 is 0 Å². The molecule has 0 aliphatic heterocycles. The Labute approximate surface area is 121 Å². The molecule has 0 saturated carbocycles. The number of nitrogens with one attached hydrogen (secondary N) is 1. The lowest BCUT2D eigenvalue weighted by Crippen LogP contribution is -2.23. The van der Waals surface area contributed by atoms with E-state index in [0.29, 0.717) is 12.0 Å². The van der Waals surface area contributed by atoms with Crippen LogP contribution in [0.1, 0.15) is 36.0 Å². The van der Waals surface area contributed by atoms with E-state index >= 15 is 0 Å². The highest BCUT2D eigenvalue weighted by Gasteiger charge is 2.20. The van der Waals surface area contributed by atoms with E-state index in [9.17, 15) is 8.78 Å². The minimum absolute atomic E-state index is 0.0914. The van der Waals surface area contributed by atoms with Gasteiger partial charge in [-0.15, -0.1) is 5.10 Å². The van der Waals surface area contributed by atoms with Crippen molar-refractivity contribution in [2.75, 3.05) is 6.54 Å². The molecular weight excluding hydrogens is 280 g/mol. The highest BCUT2D eigenvalue weighted by atomic mass is 32.1. The summed E-state index contributed by atoms with van der Waals surface area (Å²) >= 11 is 1.31. The Bertz CT molecular complexity index is 571. The molecule has 0 saturated heterocycles. The predicted octanol–water partition coefficient (Wildman–Crippen LogP) is 3.27. The molecule has 0 aliphatic rings. The van der Waals surface area contributed by atoms with Crippen molar-refractivity contribution >= 4 is 11.5 Å². The van der Waals surface area contributed by atoms with Crippen molar-refractivity contribution in [1.82, 2.24) is 14.9 Å². The molecule has 0 aliphatic carbocycles. The van der Waals surface area contributed by atoms with Crippen LogP contribution in [-0.2, 0) is 12.8 Å².